The molecule has 17 heavy (non-hydrogen) atoms. The summed E-state index contributed by atoms with van der Waals surface area (Å²) in [4.78, 5) is 0. The zero-order valence-corrected chi connectivity index (χ0v) is 10.2. The molecule has 0 aliphatic carbocycles. The molecule has 1 unspecified atom stereocenters. The van der Waals surface area contributed by atoms with E-state index in [1.165, 1.54) is 6.07 Å². The van der Waals surface area contributed by atoms with Crippen molar-refractivity contribution in [3.8, 4) is 0 Å². The largest absolute Gasteiger partial charge is 0.319 e. The van der Waals surface area contributed by atoms with Crippen molar-refractivity contribution in [3.05, 3.63) is 52.6 Å². The second-order valence-corrected chi connectivity index (χ2v) is 4.09. The Bertz CT molecular complexity index is 504. The van der Waals surface area contributed by atoms with E-state index in [0.717, 1.165) is 5.69 Å². The Morgan fingerprint density at radius 1 is 1.47 bits per heavy atom. The van der Waals surface area contributed by atoms with Crippen molar-refractivity contribution in [3.63, 3.8) is 0 Å². The number of benzene rings is 1. The molecule has 1 heterocycles. The molecule has 0 bridgehead atoms. The zero-order valence-electron chi connectivity index (χ0n) is 9.40. The Kier molecular flexibility index (Phi) is 3.45. The van der Waals surface area contributed by atoms with Crippen LogP contribution in [0.1, 0.15) is 24.2 Å². The second kappa shape index (κ2) is 4.85. The van der Waals surface area contributed by atoms with Gasteiger partial charge in [0.25, 0.3) is 0 Å². The van der Waals surface area contributed by atoms with Gasteiger partial charge in [-0.2, -0.15) is 5.10 Å². The van der Waals surface area contributed by atoms with Crippen molar-refractivity contribution < 1.29 is 4.39 Å². The summed E-state index contributed by atoms with van der Waals surface area (Å²) in [6.07, 6.45) is 1.65. The molecule has 5 heteroatoms. The first-order chi connectivity index (χ1) is 8.15. The highest BCUT2D eigenvalue weighted by Crippen LogP contribution is 2.28. The maximum absolute atomic E-state index is 13.7. The number of nitrogens with zero attached hydrogens (tertiary/aromatic N) is 2. The van der Waals surface area contributed by atoms with Gasteiger partial charge < -0.3 is 5.73 Å². The highest BCUT2D eigenvalue weighted by Gasteiger charge is 2.19. The lowest BCUT2D eigenvalue weighted by atomic mass is 10.0. The number of aromatic nitrogens is 2. The maximum atomic E-state index is 13.7. The first kappa shape index (κ1) is 12.1. The molecule has 0 amide bonds. The summed E-state index contributed by atoms with van der Waals surface area (Å²) in [6.45, 7) is 2.63. The summed E-state index contributed by atoms with van der Waals surface area (Å²) in [7, 11) is 0. The van der Waals surface area contributed by atoms with Crippen LogP contribution in [0.5, 0.6) is 0 Å². The molecular formula is C12H13ClFN3. The molecule has 2 N–H and O–H groups in total. The summed E-state index contributed by atoms with van der Waals surface area (Å²) in [5.74, 6) is -0.395. The summed E-state index contributed by atoms with van der Waals surface area (Å²) in [5, 5.41) is 4.45. The van der Waals surface area contributed by atoms with E-state index in [9.17, 15) is 4.39 Å². The van der Waals surface area contributed by atoms with Crippen LogP contribution in [0.2, 0.25) is 5.02 Å². The minimum Gasteiger partial charge on any atom is -0.319 e. The normalized spacial score (nSPS) is 12.7. The van der Waals surface area contributed by atoms with Gasteiger partial charge in [0.05, 0.1) is 11.7 Å². The number of rotatable bonds is 3. The van der Waals surface area contributed by atoms with Crippen molar-refractivity contribution in [1.29, 1.82) is 0 Å². The quantitative estimate of drug-likeness (QED) is 0.914. The Morgan fingerprint density at radius 2 is 2.24 bits per heavy atom. The van der Waals surface area contributed by atoms with E-state index in [2.05, 4.69) is 5.10 Å². The van der Waals surface area contributed by atoms with Crippen molar-refractivity contribution in [1.82, 2.24) is 9.78 Å². The average molecular weight is 254 g/mol. The number of hydrogen-bond acceptors (Lipinski definition) is 2. The second-order valence-electron chi connectivity index (χ2n) is 3.68. The van der Waals surface area contributed by atoms with Gasteiger partial charge in [0, 0.05) is 23.3 Å². The van der Waals surface area contributed by atoms with E-state index >= 15 is 0 Å². The summed E-state index contributed by atoms with van der Waals surface area (Å²) in [6, 6.07) is 5.72. The van der Waals surface area contributed by atoms with Gasteiger partial charge in [-0.15, -0.1) is 0 Å². The Labute approximate surface area is 104 Å². The Hall–Kier alpha value is -1.39. The van der Waals surface area contributed by atoms with E-state index in [4.69, 9.17) is 17.3 Å². The van der Waals surface area contributed by atoms with Gasteiger partial charge >= 0.3 is 0 Å². The lowest BCUT2D eigenvalue weighted by Crippen LogP contribution is -2.18. The molecule has 1 aromatic carbocycles. The van der Waals surface area contributed by atoms with Crippen LogP contribution in [-0.2, 0) is 6.54 Å². The molecule has 0 saturated heterocycles. The number of hydrogen-bond donors (Lipinski definition) is 1. The summed E-state index contributed by atoms with van der Waals surface area (Å²) >= 11 is 5.99. The molecule has 2 aromatic rings. The van der Waals surface area contributed by atoms with Gasteiger partial charge in [-0.05, 0) is 25.1 Å². The highest BCUT2D eigenvalue weighted by molar-refractivity contribution is 6.31. The van der Waals surface area contributed by atoms with E-state index in [1.807, 2.05) is 6.92 Å². The fourth-order valence-electron chi connectivity index (χ4n) is 1.83. The van der Waals surface area contributed by atoms with E-state index in [0.29, 0.717) is 17.1 Å². The van der Waals surface area contributed by atoms with Gasteiger partial charge in [-0.3, -0.25) is 4.68 Å². The highest BCUT2D eigenvalue weighted by atomic mass is 35.5. The number of nitrogens with two attached hydrogens (primary N) is 1. The zero-order chi connectivity index (χ0) is 12.4. The molecule has 1 atom stereocenters. The molecule has 0 aliphatic rings. The van der Waals surface area contributed by atoms with Crippen LogP contribution in [0, 0.1) is 5.82 Å². The molecule has 2 rings (SSSR count). The van der Waals surface area contributed by atoms with Crippen molar-refractivity contribution in [2.24, 2.45) is 5.73 Å². The van der Waals surface area contributed by atoms with Crippen LogP contribution < -0.4 is 5.73 Å². The first-order valence-electron chi connectivity index (χ1n) is 5.36. The Morgan fingerprint density at radius 3 is 2.88 bits per heavy atom. The molecule has 0 saturated carbocycles. The van der Waals surface area contributed by atoms with Crippen LogP contribution in [-0.4, -0.2) is 9.78 Å². The monoisotopic (exact) mass is 253 g/mol. The van der Waals surface area contributed by atoms with Crippen LogP contribution in [0.4, 0.5) is 4.39 Å². The SMILES string of the molecule is CCn1nccc1C(N)c1c(F)cccc1Cl. The summed E-state index contributed by atoms with van der Waals surface area (Å²) in [5.41, 5.74) is 7.11. The van der Waals surface area contributed by atoms with Crippen molar-refractivity contribution >= 4 is 11.6 Å². The molecule has 3 nitrogen and oxygen atoms in total. The Balaban J connectivity index is 2.47. The fraction of sp³-hybridized carbons (Fsp3) is 0.250. The molecule has 1 aromatic heterocycles. The van der Waals surface area contributed by atoms with Crippen LogP contribution in [0.15, 0.2) is 30.5 Å². The topological polar surface area (TPSA) is 43.8 Å². The molecule has 0 aliphatic heterocycles. The fourth-order valence-corrected chi connectivity index (χ4v) is 2.11. The predicted molar refractivity (Wildman–Crippen MR) is 65.3 cm³/mol. The maximum Gasteiger partial charge on any atom is 0.129 e. The third-order valence-corrected chi connectivity index (χ3v) is 3.01. The average Bonchev–Trinajstić information content (AvgIpc) is 2.76. The van der Waals surface area contributed by atoms with E-state index in [-0.39, 0.29) is 0 Å². The van der Waals surface area contributed by atoms with Gasteiger partial charge in [0.1, 0.15) is 5.82 Å². The molecule has 0 radical (unpaired) electrons. The minimum absolute atomic E-state index is 0.310. The van der Waals surface area contributed by atoms with Gasteiger partial charge in [-0.25, -0.2) is 4.39 Å². The number of aryl methyl sites for hydroxylation is 1. The third kappa shape index (κ3) is 2.18. The summed E-state index contributed by atoms with van der Waals surface area (Å²) < 4.78 is 15.5. The van der Waals surface area contributed by atoms with Crippen LogP contribution in [0.3, 0.4) is 0 Å². The standard InChI is InChI=1S/C12H13ClFN3/c1-2-17-10(6-7-16-17)12(15)11-8(13)4-3-5-9(11)14/h3-7,12H,2,15H2,1H3. The molecule has 0 spiro atoms. The van der Waals surface area contributed by atoms with Gasteiger partial charge in [0.15, 0.2) is 0 Å². The van der Waals surface area contributed by atoms with E-state index < -0.39 is 11.9 Å². The minimum atomic E-state index is -0.605. The first-order valence-corrected chi connectivity index (χ1v) is 5.74. The van der Waals surface area contributed by atoms with Gasteiger partial charge in [-0.1, -0.05) is 17.7 Å². The lowest BCUT2D eigenvalue weighted by molar-refractivity contribution is 0.568. The molecular weight excluding hydrogens is 241 g/mol. The van der Waals surface area contributed by atoms with Gasteiger partial charge in [0.2, 0.25) is 0 Å². The smallest absolute Gasteiger partial charge is 0.129 e. The molecule has 0 fully saturated rings. The van der Waals surface area contributed by atoms with E-state index in [1.54, 1.807) is 29.1 Å². The van der Waals surface area contributed by atoms with Crippen LogP contribution >= 0.6 is 11.6 Å². The lowest BCUT2D eigenvalue weighted by Gasteiger charge is -2.15. The predicted octanol–water partition coefficient (Wildman–Crippen LogP) is 2.74. The van der Waals surface area contributed by atoms with Crippen LogP contribution in [0.25, 0.3) is 0 Å². The molecule has 90 valence electrons. The third-order valence-electron chi connectivity index (χ3n) is 2.68. The number of halogens is 2. The van der Waals surface area contributed by atoms with Crippen molar-refractivity contribution in [2.75, 3.05) is 0 Å². The van der Waals surface area contributed by atoms with Crippen molar-refractivity contribution in [2.45, 2.75) is 19.5 Å².